The van der Waals surface area contributed by atoms with E-state index in [0.29, 0.717) is 0 Å². The van der Waals surface area contributed by atoms with Crippen LogP contribution >= 0.6 is 34.8 Å². The highest BCUT2D eigenvalue weighted by Crippen LogP contribution is 2.38. The van der Waals surface area contributed by atoms with Crippen LogP contribution in [0.1, 0.15) is 20.8 Å². The molecule has 2 heterocycles. The highest BCUT2D eigenvalue weighted by atomic mass is 35.6. The van der Waals surface area contributed by atoms with Gasteiger partial charge in [-0.3, -0.25) is 14.4 Å². The van der Waals surface area contributed by atoms with Crippen LogP contribution in [0.4, 0.5) is 0 Å². The quantitative estimate of drug-likeness (QED) is 0.371. The summed E-state index contributed by atoms with van der Waals surface area (Å²) in [6.45, 7) is 3.26. The summed E-state index contributed by atoms with van der Waals surface area (Å²) in [4.78, 5) is 38.2. The number of aliphatic imine (C=N–C) groups is 1. The van der Waals surface area contributed by atoms with Crippen LogP contribution in [0.25, 0.3) is 0 Å². The van der Waals surface area contributed by atoms with Gasteiger partial charge >= 0.3 is 17.9 Å². The molecule has 0 radical (unpaired) electrons. The second-order valence-corrected chi connectivity index (χ2v) is 7.82. The van der Waals surface area contributed by atoms with E-state index in [1.807, 2.05) is 0 Å². The Labute approximate surface area is 163 Å². The molecule has 0 aromatic rings. The summed E-state index contributed by atoms with van der Waals surface area (Å²) in [6, 6.07) is -0.942. The van der Waals surface area contributed by atoms with Crippen LogP contribution in [-0.4, -0.2) is 64.8 Å². The van der Waals surface area contributed by atoms with Gasteiger partial charge in [-0.15, -0.1) is 0 Å². The lowest BCUT2D eigenvalue weighted by Crippen LogP contribution is -2.60. The minimum absolute atomic E-state index is 0.260. The molecule has 5 atom stereocenters. The second-order valence-electron chi connectivity index (χ2n) is 5.53. The van der Waals surface area contributed by atoms with Gasteiger partial charge in [0.05, 0.1) is 0 Å². The summed E-state index contributed by atoms with van der Waals surface area (Å²) in [5.41, 5.74) is 0. The van der Waals surface area contributed by atoms with E-state index in [0.717, 1.165) is 0 Å². The molecule has 0 unspecified atom stereocenters. The summed E-state index contributed by atoms with van der Waals surface area (Å²) in [6.07, 6.45) is -4.28. The van der Waals surface area contributed by atoms with Crippen molar-refractivity contribution in [2.75, 3.05) is 6.61 Å². The summed E-state index contributed by atoms with van der Waals surface area (Å²) in [7, 11) is 0. The number of nitrogens with zero attached hydrogens (tertiary/aromatic N) is 1. The highest BCUT2D eigenvalue weighted by molar-refractivity contribution is 6.76. The maximum absolute atomic E-state index is 11.5. The molecule has 9 nitrogen and oxygen atoms in total. The van der Waals surface area contributed by atoms with Gasteiger partial charge < -0.3 is 23.7 Å². The lowest BCUT2D eigenvalue weighted by Gasteiger charge is -2.40. The van der Waals surface area contributed by atoms with Crippen molar-refractivity contribution in [3.05, 3.63) is 0 Å². The predicted molar refractivity (Wildman–Crippen MR) is 89.0 cm³/mol. The van der Waals surface area contributed by atoms with E-state index in [9.17, 15) is 14.4 Å². The maximum Gasteiger partial charge on any atom is 0.303 e. The molecule has 0 aromatic carbocycles. The Bertz CT molecular complexity index is 620. The molecule has 2 aliphatic heterocycles. The molecule has 146 valence electrons. The van der Waals surface area contributed by atoms with Crippen molar-refractivity contribution >= 4 is 58.6 Å². The smallest absolute Gasteiger partial charge is 0.303 e. The normalized spacial score (nSPS) is 30.5. The number of fused-ring (bicyclic) bond motifs is 1. The van der Waals surface area contributed by atoms with Crippen molar-refractivity contribution in [2.24, 2.45) is 4.99 Å². The molecule has 0 saturated carbocycles. The zero-order valence-electron chi connectivity index (χ0n) is 13.9. The van der Waals surface area contributed by atoms with E-state index < -0.39 is 52.3 Å². The summed E-state index contributed by atoms with van der Waals surface area (Å²) >= 11 is 17.3. The summed E-state index contributed by atoms with van der Waals surface area (Å²) in [5, 5.41) is 0. The van der Waals surface area contributed by atoms with Crippen LogP contribution in [0.2, 0.25) is 0 Å². The lowest BCUT2D eigenvalue weighted by atomic mass is 9.97. The third kappa shape index (κ3) is 5.12. The molecule has 1 fully saturated rings. The molecular weight excluding hydrogens is 417 g/mol. The number of rotatable bonds is 4. The van der Waals surface area contributed by atoms with Gasteiger partial charge in [-0.1, -0.05) is 34.8 Å². The molecule has 0 aromatic heterocycles. The number of esters is 3. The first-order chi connectivity index (χ1) is 12.0. The average molecular weight is 433 g/mol. The van der Waals surface area contributed by atoms with Gasteiger partial charge in [-0.25, -0.2) is 4.99 Å². The minimum atomic E-state index is -1.97. The molecule has 0 bridgehead atoms. The number of carbonyl (C=O) groups is 3. The van der Waals surface area contributed by atoms with Crippen molar-refractivity contribution < 1.29 is 38.1 Å². The van der Waals surface area contributed by atoms with Gasteiger partial charge in [0.1, 0.15) is 12.7 Å². The third-order valence-corrected chi connectivity index (χ3v) is 3.89. The third-order valence-electron chi connectivity index (χ3n) is 3.41. The van der Waals surface area contributed by atoms with Gasteiger partial charge in [0.15, 0.2) is 18.2 Å². The molecule has 0 amide bonds. The summed E-state index contributed by atoms with van der Waals surface area (Å²) < 4.78 is 24.5. The van der Waals surface area contributed by atoms with E-state index >= 15 is 0 Å². The van der Waals surface area contributed by atoms with Crippen molar-refractivity contribution in [2.45, 2.75) is 55.2 Å². The van der Waals surface area contributed by atoms with E-state index in [1.54, 1.807) is 0 Å². The molecule has 2 aliphatic rings. The number of hydrogen-bond donors (Lipinski definition) is 0. The first-order valence-corrected chi connectivity index (χ1v) is 8.57. The number of halogens is 3. The Hall–Kier alpha value is -1.29. The zero-order valence-corrected chi connectivity index (χ0v) is 16.2. The molecule has 0 spiro atoms. The van der Waals surface area contributed by atoms with E-state index in [1.165, 1.54) is 20.8 Å². The SMILES string of the molecule is CC(=O)OC[C@H]1O[C@@H]2OC(C(Cl)(Cl)Cl)=N[C@@H]2[C@H](OC(C)=O)[C@@H]1OC(C)=O. The monoisotopic (exact) mass is 431 g/mol. The fraction of sp³-hybridized carbons (Fsp3) is 0.714. The number of carbonyl (C=O) groups excluding carboxylic acids is 3. The van der Waals surface area contributed by atoms with Crippen LogP contribution in [0.5, 0.6) is 0 Å². The average Bonchev–Trinajstić information content (AvgIpc) is 2.90. The zero-order chi connectivity index (χ0) is 19.6. The van der Waals surface area contributed by atoms with Gasteiger partial charge in [0.25, 0.3) is 3.79 Å². The van der Waals surface area contributed by atoms with Crippen molar-refractivity contribution in [3.8, 4) is 0 Å². The van der Waals surface area contributed by atoms with Gasteiger partial charge in [-0.2, -0.15) is 0 Å². The van der Waals surface area contributed by atoms with E-state index in [4.69, 9.17) is 58.5 Å². The Morgan fingerprint density at radius 3 is 2.12 bits per heavy atom. The standard InChI is InChI=1S/C14H16Cl3NO8/c1-5(19)22-4-8-10(23-6(2)20)11(24-7(3)21)9-12(25-8)26-13(18-9)14(15,16)17/h8-12H,4H2,1-3H3/t8-,9-,10-,11+,12-/m1/s1. The first-order valence-electron chi connectivity index (χ1n) is 7.44. The molecule has 12 heteroatoms. The Kier molecular flexibility index (Phi) is 6.60. The fourth-order valence-corrected chi connectivity index (χ4v) is 2.82. The Morgan fingerprint density at radius 2 is 1.62 bits per heavy atom. The van der Waals surface area contributed by atoms with Gasteiger partial charge in [-0.05, 0) is 0 Å². The molecule has 26 heavy (non-hydrogen) atoms. The van der Waals surface area contributed by atoms with Crippen molar-refractivity contribution in [1.29, 1.82) is 0 Å². The van der Waals surface area contributed by atoms with Gasteiger partial charge in [0.2, 0.25) is 12.2 Å². The van der Waals surface area contributed by atoms with Gasteiger partial charge in [0, 0.05) is 20.8 Å². The molecule has 1 saturated heterocycles. The van der Waals surface area contributed by atoms with Crippen molar-refractivity contribution in [1.82, 2.24) is 0 Å². The van der Waals surface area contributed by atoms with Crippen LogP contribution in [0, 0.1) is 0 Å². The van der Waals surface area contributed by atoms with E-state index in [-0.39, 0.29) is 12.5 Å². The molecule has 2 rings (SSSR count). The summed E-state index contributed by atoms with van der Waals surface area (Å²) in [5.74, 6) is -2.15. The molecule has 0 aliphatic carbocycles. The fourth-order valence-electron chi connectivity index (χ4n) is 2.54. The first kappa shape index (κ1) is 21.0. The second kappa shape index (κ2) is 8.16. The van der Waals surface area contributed by atoms with Crippen LogP contribution in [0.3, 0.4) is 0 Å². The predicted octanol–water partition coefficient (Wildman–Crippen LogP) is 1.31. The molecule has 0 N–H and O–H groups in total. The highest BCUT2D eigenvalue weighted by Gasteiger charge is 2.56. The number of alkyl halides is 3. The Balaban J connectivity index is 2.34. The minimum Gasteiger partial charge on any atom is -0.463 e. The Morgan fingerprint density at radius 1 is 1.04 bits per heavy atom. The largest absolute Gasteiger partial charge is 0.463 e. The topological polar surface area (TPSA) is 110 Å². The molecular formula is C14H16Cl3NO8. The maximum atomic E-state index is 11.5. The van der Waals surface area contributed by atoms with Crippen molar-refractivity contribution in [3.63, 3.8) is 0 Å². The van der Waals surface area contributed by atoms with Crippen LogP contribution in [-0.2, 0) is 38.1 Å². The van der Waals surface area contributed by atoms with E-state index in [2.05, 4.69) is 4.99 Å². The number of hydrogen-bond acceptors (Lipinski definition) is 9. The number of ether oxygens (including phenoxy) is 5. The lowest BCUT2D eigenvalue weighted by molar-refractivity contribution is -0.249. The van der Waals surface area contributed by atoms with Crippen LogP contribution in [0.15, 0.2) is 4.99 Å². The van der Waals surface area contributed by atoms with Crippen LogP contribution < -0.4 is 0 Å².